The van der Waals surface area contributed by atoms with Gasteiger partial charge in [-0.3, -0.25) is 9.59 Å². The largest absolute Gasteiger partial charge is 0.341 e. The van der Waals surface area contributed by atoms with Crippen molar-refractivity contribution in [2.24, 2.45) is 0 Å². The summed E-state index contributed by atoms with van der Waals surface area (Å²) in [5.74, 6) is 0.0927. The second kappa shape index (κ2) is 8.86. The molecule has 0 saturated carbocycles. The minimum atomic E-state index is -0.0609. The van der Waals surface area contributed by atoms with Crippen molar-refractivity contribution in [2.75, 3.05) is 26.2 Å². The van der Waals surface area contributed by atoms with Crippen LogP contribution in [-0.4, -0.2) is 47.8 Å². The number of hydrogen-bond donors (Lipinski definition) is 0. The van der Waals surface area contributed by atoms with Crippen molar-refractivity contribution in [1.82, 2.24) is 9.80 Å². The third-order valence-electron chi connectivity index (χ3n) is 4.71. The first-order valence-corrected chi connectivity index (χ1v) is 9.38. The van der Waals surface area contributed by atoms with Crippen LogP contribution in [0.1, 0.15) is 28.8 Å². The van der Waals surface area contributed by atoms with Gasteiger partial charge in [0.1, 0.15) is 0 Å². The summed E-state index contributed by atoms with van der Waals surface area (Å²) in [4.78, 5) is 28.9. The van der Waals surface area contributed by atoms with Crippen molar-refractivity contribution in [2.45, 2.75) is 19.3 Å². The molecular weight excluding hydrogens is 348 g/mol. The van der Waals surface area contributed by atoms with Crippen LogP contribution in [0, 0.1) is 0 Å². The van der Waals surface area contributed by atoms with E-state index < -0.39 is 0 Å². The lowest BCUT2D eigenvalue weighted by Gasteiger charge is -2.22. The summed E-state index contributed by atoms with van der Waals surface area (Å²) in [6.45, 7) is 2.46. The summed E-state index contributed by atoms with van der Waals surface area (Å²) in [6.07, 6.45) is 2.04. The second-order valence-corrected chi connectivity index (χ2v) is 6.90. The molecule has 3 rings (SSSR count). The number of rotatable bonds is 4. The Balaban J connectivity index is 1.55. The monoisotopic (exact) mass is 370 g/mol. The highest BCUT2D eigenvalue weighted by atomic mass is 35.5. The van der Waals surface area contributed by atoms with Crippen molar-refractivity contribution in [3.63, 3.8) is 0 Å². The van der Waals surface area contributed by atoms with Gasteiger partial charge in [-0.05, 0) is 30.5 Å². The molecule has 1 saturated heterocycles. The van der Waals surface area contributed by atoms with E-state index >= 15 is 0 Å². The Kier molecular flexibility index (Phi) is 6.29. The normalized spacial score (nSPS) is 14.8. The fourth-order valence-electron chi connectivity index (χ4n) is 3.23. The number of nitrogens with zero attached hydrogens (tertiary/aromatic N) is 2. The first-order chi connectivity index (χ1) is 12.6. The second-order valence-electron chi connectivity index (χ2n) is 6.49. The maximum atomic E-state index is 12.7. The highest BCUT2D eigenvalue weighted by Crippen LogP contribution is 2.18. The molecule has 1 fully saturated rings. The molecule has 2 aromatic rings. The first kappa shape index (κ1) is 18.5. The van der Waals surface area contributed by atoms with Crippen LogP contribution >= 0.6 is 11.6 Å². The SMILES string of the molecule is O=C(CCc1ccccc1)N1CCCN(C(=O)c2ccccc2Cl)CC1. The molecule has 0 atom stereocenters. The maximum absolute atomic E-state index is 12.7. The van der Waals surface area contributed by atoms with E-state index in [2.05, 4.69) is 0 Å². The molecule has 26 heavy (non-hydrogen) atoms. The number of halogens is 1. The zero-order chi connectivity index (χ0) is 18.4. The molecule has 2 aromatic carbocycles. The molecule has 0 bridgehead atoms. The standard InChI is InChI=1S/C21H23ClN2O2/c22-19-10-5-4-9-18(19)21(26)24-14-6-13-23(15-16-24)20(25)12-11-17-7-2-1-3-8-17/h1-5,7-10H,6,11-16H2. The summed E-state index contributed by atoms with van der Waals surface area (Å²) in [5.41, 5.74) is 1.70. The van der Waals surface area contributed by atoms with Crippen LogP contribution in [0.15, 0.2) is 54.6 Å². The quantitative estimate of drug-likeness (QED) is 0.824. The topological polar surface area (TPSA) is 40.6 Å². The number of aryl methyl sites for hydroxylation is 1. The summed E-state index contributed by atoms with van der Waals surface area (Å²) in [6, 6.07) is 17.1. The van der Waals surface area contributed by atoms with Gasteiger partial charge in [0.15, 0.2) is 0 Å². The van der Waals surface area contributed by atoms with Gasteiger partial charge >= 0.3 is 0 Å². The van der Waals surface area contributed by atoms with Crippen LogP contribution in [0.25, 0.3) is 0 Å². The molecule has 4 nitrogen and oxygen atoms in total. The summed E-state index contributed by atoms with van der Waals surface area (Å²) in [7, 11) is 0. The van der Waals surface area contributed by atoms with Gasteiger partial charge in [-0.25, -0.2) is 0 Å². The van der Waals surface area contributed by atoms with Gasteiger partial charge < -0.3 is 9.80 Å². The molecule has 1 aliphatic heterocycles. The molecule has 0 radical (unpaired) electrons. The summed E-state index contributed by atoms with van der Waals surface area (Å²) in [5, 5.41) is 0.470. The van der Waals surface area contributed by atoms with Crippen LogP contribution < -0.4 is 0 Å². The number of amides is 2. The Labute approximate surface area is 159 Å². The molecule has 0 N–H and O–H groups in total. The molecule has 0 aromatic heterocycles. The lowest BCUT2D eigenvalue weighted by molar-refractivity contribution is -0.131. The molecular formula is C21H23ClN2O2. The Hall–Kier alpha value is -2.33. The van der Waals surface area contributed by atoms with Crippen LogP contribution in [0.5, 0.6) is 0 Å². The highest BCUT2D eigenvalue weighted by Gasteiger charge is 2.23. The van der Waals surface area contributed by atoms with Gasteiger partial charge in [-0.1, -0.05) is 54.1 Å². The Morgan fingerprint density at radius 1 is 0.846 bits per heavy atom. The van der Waals surface area contributed by atoms with Gasteiger partial charge in [0.05, 0.1) is 10.6 Å². The lowest BCUT2D eigenvalue weighted by Crippen LogP contribution is -2.37. The Morgan fingerprint density at radius 3 is 2.27 bits per heavy atom. The van der Waals surface area contributed by atoms with Crippen molar-refractivity contribution in [3.05, 3.63) is 70.7 Å². The van der Waals surface area contributed by atoms with Gasteiger partial charge in [-0.15, -0.1) is 0 Å². The van der Waals surface area contributed by atoms with Gasteiger partial charge in [0.2, 0.25) is 5.91 Å². The third-order valence-corrected chi connectivity index (χ3v) is 5.04. The minimum Gasteiger partial charge on any atom is -0.341 e. The van der Waals surface area contributed by atoms with Crippen molar-refractivity contribution < 1.29 is 9.59 Å². The molecule has 0 spiro atoms. The van der Waals surface area contributed by atoms with E-state index in [9.17, 15) is 9.59 Å². The average molecular weight is 371 g/mol. The van der Waals surface area contributed by atoms with Crippen molar-refractivity contribution >= 4 is 23.4 Å². The molecule has 0 aliphatic carbocycles. The first-order valence-electron chi connectivity index (χ1n) is 9.00. The summed E-state index contributed by atoms with van der Waals surface area (Å²) >= 11 is 6.15. The van der Waals surface area contributed by atoms with Crippen LogP contribution in [0.4, 0.5) is 0 Å². The molecule has 5 heteroatoms. The third kappa shape index (κ3) is 4.64. The van der Waals surface area contributed by atoms with E-state index in [0.717, 1.165) is 12.8 Å². The fourth-order valence-corrected chi connectivity index (χ4v) is 3.45. The zero-order valence-corrected chi connectivity index (χ0v) is 15.5. The van der Waals surface area contributed by atoms with Gasteiger partial charge in [0.25, 0.3) is 5.91 Å². The van der Waals surface area contributed by atoms with Crippen molar-refractivity contribution in [3.8, 4) is 0 Å². The molecule has 1 heterocycles. The van der Waals surface area contributed by atoms with Gasteiger partial charge in [-0.2, -0.15) is 0 Å². The van der Waals surface area contributed by atoms with E-state index in [1.165, 1.54) is 5.56 Å². The van der Waals surface area contributed by atoms with Crippen LogP contribution in [-0.2, 0) is 11.2 Å². The van der Waals surface area contributed by atoms with E-state index in [4.69, 9.17) is 11.6 Å². The predicted octanol–water partition coefficient (Wildman–Crippen LogP) is 3.65. The van der Waals surface area contributed by atoms with E-state index in [1.54, 1.807) is 17.0 Å². The van der Waals surface area contributed by atoms with Crippen molar-refractivity contribution in [1.29, 1.82) is 0 Å². The molecule has 2 amide bonds. The summed E-state index contributed by atoms with van der Waals surface area (Å²) < 4.78 is 0. The zero-order valence-electron chi connectivity index (χ0n) is 14.7. The number of carbonyl (C=O) groups is 2. The maximum Gasteiger partial charge on any atom is 0.255 e. The number of benzene rings is 2. The predicted molar refractivity (Wildman–Crippen MR) is 103 cm³/mol. The molecule has 1 aliphatic rings. The van der Waals surface area contributed by atoms with E-state index in [1.807, 2.05) is 47.4 Å². The number of hydrogen-bond acceptors (Lipinski definition) is 2. The lowest BCUT2D eigenvalue weighted by atomic mass is 10.1. The Morgan fingerprint density at radius 2 is 1.50 bits per heavy atom. The van der Waals surface area contributed by atoms with E-state index in [0.29, 0.717) is 43.2 Å². The molecule has 0 unspecified atom stereocenters. The minimum absolute atomic E-state index is 0.0609. The van der Waals surface area contributed by atoms with Gasteiger partial charge in [0, 0.05) is 32.6 Å². The smallest absolute Gasteiger partial charge is 0.255 e. The fraction of sp³-hybridized carbons (Fsp3) is 0.333. The Bertz CT molecular complexity index is 764. The highest BCUT2D eigenvalue weighted by molar-refractivity contribution is 6.33. The number of carbonyl (C=O) groups excluding carboxylic acids is 2. The van der Waals surface area contributed by atoms with Crippen LogP contribution in [0.3, 0.4) is 0 Å². The van der Waals surface area contributed by atoms with Crippen LogP contribution in [0.2, 0.25) is 5.02 Å². The molecule has 136 valence electrons. The average Bonchev–Trinajstić information content (AvgIpc) is 2.93. The van der Waals surface area contributed by atoms with E-state index in [-0.39, 0.29) is 11.8 Å².